The van der Waals surface area contributed by atoms with Crippen molar-refractivity contribution in [3.05, 3.63) is 58.1 Å². The van der Waals surface area contributed by atoms with Crippen LogP contribution >= 0.6 is 11.6 Å². The summed E-state index contributed by atoms with van der Waals surface area (Å²) in [5, 5.41) is 4.10. The predicted molar refractivity (Wildman–Crippen MR) is 86.1 cm³/mol. The number of rotatable bonds is 5. The van der Waals surface area contributed by atoms with Gasteiger partial charge in [0.2, 0.25) is 0 Å². The summed E-state index contributed by atoms with van der Waals surface area (Å²) in [7, 11) is 0. The van der Waals surface area contributed by atoms with Gasteiger partial charge >= 0.3 is 0 Å². The second kappa shape index (κ2) is 6.67. The summed E-state index contributed by atoms with van der Waals surface area (Å²) in [6.45, 7) is 7.49. The Balaban J connectivity index is 1.86. The average molecular weight is 290 g/mol. The Kier molecular flexibility index (Phi) is 4.91. The molecule has 20 heavy (non-hydrogen) atoms. The van der Waals surface area contributed by atoms with Gasteiger partial charge in [-0.25, -0.2) is 0 Å². The van der Waals surface area contributed by atoms with Gasteiger partial charge in [0.1, 0.15) is 12.4 Å². The maximum atomic E-state index is 6.09. The first kappa shape index (κ1) is 14.7. The quantitative estimate of drug-likeness (QED) is 0.802. The first-order valence-corrected chi connectivity index (χ1v) is 7.15. The van der Waals surface area contributed by atoms with Crippen LogP contribution in [0.15, 0.2) is 36.4 Å². The van der Waals surface area contributed by atoms with Crippen LogP contribution in [0, 0.1) is 20.8 Å². The molecule has 3 heteroatoms. The Hall–Kier alpha value is -1.67. The van der Waals surface area contributed by atoms with Gasteiger partial charge in [-0.1, -0.05) is 35.9 Å². The zero-order chi connectivity index (χ0) is 14.5. The third-order valence-corrected chi connectivity index (χ3v) is 3.67. The van der Waals surface area contributed by atoms with E-state index >= 15 is 0 Å². The van der Waals surface area contributed by atoms with Crippen LogP contribution in [0.3, 0.4) is 0 Å². The highest BCUT2D eigenvalue weighted by molar-refractivity contribution is 6.31. The first-order chi connectivity index (χ1) is 9.58. The van der Waals surface area contributed by atoms with Crippen molar-refractivity contribution in [3.8, 4) is 5.75 Å². The van der Waals surface area contributed by atoms with Crippen LogP contribution in [0.1, 0.15) is 16.7 Å². The topological polar surface area (TPSA) is 21.3 Å². The lowest BCUT2D eigenvalue weighted by molar-refractivity contribution is 0.328. The molecule has 0 fully saturated rings. The lowest BCUT2D eigenvalue weighted by atomic mass is 10.1. The molecular weight excluding hydrogens is 270 g/mol. The van der Waals surface area contributed by atoms with Crippen molar-refractivity contribution in [2.24, 2.45) is 0 Å². The molecule has 0 saturated heterocycles. The lowest BCUT2D eigenvalue weighted by Crippen LogP contribution is -2.12. The Bertz CT molecular complexity index is 575. The summed E-state index contributed by atoms with van der Waals surface area (Å²) in [5.74, 6) is 0.983. The highest BCUT2D eigenvalue weighted by atomic mass is 35.5. The molecule has 0 radical (unpaired) electrons. The summed E-state index contributed by atoms with van der Waals surface area (Å²) >= 11 is 6.09. The summed E-state index contributed by atoms with van der Waals surface area (Å²) in [4.78, 5) is 0. The monoisotopic (exact) mass is 289 g/mol. The number of aryl methyl sites for hydroxylation is 3. The van der Waals surface area contributed by atoms with Gasteiger partial charge in [-0.3, -0.25) is 0 Å². The van der Waals surface area contributed by atoms with Crippen LogP contribution in [0.25, 0.3) is 0 Å². The van der Waals surface area contributed by atoms with E-state index in [-0.39, 0.29) is 0 Å². The van der Waals surface area contributed by atoms with Gasteiger partial charge in [0.25, 0.3) is 0 Å². The third kappa shape index (κ3) is 3.67. The van der Waals surface area contributed by atoms with Crippen molar-refractivity contribution >= 4 is 17.3 Å². The van der Waals surface area contributed by atoms with Gasteiger partial charge in [-0.15, -0.1) is 0 Å². The molecule has 0 atom stereocenters. The molecule has 0 aliphatic heterocycles. The van der Waals surface area contributed by atoms with Crippen molar-refractivity contribution in [1.29, 1.82) is 0 Å². The molecule has 0 unspecified atom stereocenters. The molecule has 2 aromatic rings. The molecule has 0 saturated carbocycles. The van der Waals surface area contributed by atoms with Crippen molar-refractivity contribution in [2.45, 2.75) is 20.8 Å². The van der Waals surface area contributed by atoms with Crippen molar-refractivity contribution in [3.63, 3.8) is 0 Å². The summed E-state index contributed by atoms with van der Waals surface area (Å²) < 4.78 is 5.85. The van der Waals surface area contributed by atoms with E-state index in [9.17, 15) is 0 Å². The van der Waals surface area contributed by atoms with E-state index in [2.05, 4.69) is 31.3 Å². The zero-order valence-corrected chi connectivity index (χ0v) is 12.9. The van der Waals surface area contributed by atoms with Crippen LogP contribution in [-0.2, 0) is 0 Å². The molecule has 0 aromatic heterocycles. The molecule has 1 N–H and O–H groups in total. The molecule has 0 amide bonds. The first-order valence-electron chi connectivity index (χ1n) is 6.77. The highest BCUT2D eigenvalue weighted by Gasteiger charge is 2.03. The number of halogens is 1. The number of nitrogens with one attached hydrogen (secondary N) is 1. The predicted octanol–water partition coefficient (Wildman–Crippen LogP) is 4.76. The van der Waals surface area contributed by atoms with Crippen molar-refractivity contribution in [1.82, 2.24) is 0 Å². The normalized spacial score (nSPS) is 10.4. The number of hydrogen-bond donors (Lipinski definition) is 1. The van der Waals surface area contributed by atoms with E-state index in [1.165, 1.54) is 11.1 Å². The molecule has 106 valence electrons. The van der Waals surface area contributed by atoms with Gasteiger partial charge in [-0.2, -0.15) is 0 Å². The van der Waals surface area contributed by atoms with E-state index in [1.807, 2.05) is 31.2 Å². The Labute approximate surface area is 125 Å². The standard InChI is InChI=1S/C17H20ClNO/c1-12-7-8-15(11-16(12)18)19-9-10-20-17-13(2)5-4-6-14(17)3/h4-8,11,19H,9-10H2,1-3H3. The maximum Gasteiger partial charge on any atom is 0.125 e. The summed E-state index contributed by atoms with van der Waals surface area (Å²) in [6.07, 6.45) is 0. The summed E-state index contributed by atoms with van der Waals surface area (Å²) in [6, 6.07) is 12.2. The van der Waals surface area contributed by atoms with Gasteiger partial charge in [0, 0.05) is 17.3 Å². The van der Waals surface area contributed by atoms with E-state index in [4.69, 9.17) is 16.3 Å². The minimum atomic E-state index is 0.622. The highest BCUT2D eigenvalue weighted by Crippen LogP contribution is 2.22. The van der Waals surface area contributed by atoms with E-state index in [0.717, 1.165) is 28.6 Å². The largest absolute Gasteiger partial charge is 0.491 e. The van der Waals surface area contributed by atoms with Crippen molar-refractivity contribution < 1.29 is 4.74 Å². The molecule has 0 bridgehead atoms. The molecule has 2 aromatic carbocycles. The maximum absolute atomic E-state index is 6.09. The average Bonchev–Trinajstić information content (AvgIpc) is 2.41. The zero-order valence-electron chi connectivity index (χ0n) is 12.2. The fourth-order valence-corrected chi connectivity index (χ4v) is 2.26. The fourth-order valence-electron chi connectivity index (χ4n) is 2.08. The molecule has 2 rings (SSSR count). The summed E-state index contributed by atoms with van der Waals surface area (Å²) in [5.41, 5.74) is 4.45. The van der Waals surface area contributed by atoms with Crippen LogP contribution in [0.5, 0.6) is 5.75 Å². The second-order valence-electron chi connectivity index (χ2n) is 4.96. The van der Waals surface area contributed by atoms with Crippen LogP contribution in [0.2, 0.25) is 5.02 Å². The van der Waals surface area contributed by atoms with Gasteiger partial charge in [0.15, 0.2) is 0 Å². The second-order valence-corrected chi connectivity index (χ2v) is 5.37. The van der Waals surface area contributed by atoms with Crippen molar-refractivity contribution in [2.75, 3.05) is 18.5 Å². The molecule has 0 aliphatic carbocycles. The van der Waals surface area contributed by atoms with Gasteiger partial charge in [0.05, 0.1) is 0 Å². The Morgan fingerprint density at radius 1 is 1.00 bits per heavy atom. The minimum Gasteiger partial charge on any atom is -0.491 e. The molecule has 0 heterocycles. The van der Waals surface area contributed by atoms with Gasteiger partial charge in [-0.05, 0) is 49.6 Å². The van der Waals surface area contributed by atoms with E-state index < -0.39 is 0 Å². The number of ether oxygens (including phenoxy) is 1. The molecular formula is C17H20ClNO. The van der Waals surface area contributed by atoms with E-state index in [0.29, 0.717) is 6.61 Å². The molecule has 0 aliphatic rings. The van der Waals surface area contributed by atoms with Crippen LogP contribution in [0.4, 0.5) is 5.69 Å². The van der Waals surface area contributed by atoms with Crippen LogP contribution in [-0.4, -0.2) is 13.2 Å². The SMILES string of the molecule is Cc1ccc(NCCOc2c(C)cccc2C)cc1Cl. The number of anilines is 1. The number of para-hydroxylation sites is 1. The smallest absolute Gasteiger partial charge is 0.125 e. The minimum absolute atomic E-state index is 0.622. The van der Waals surface area contributed by atoms with E-state index in [1.54, 1.807) is 0 Å². The number of hydrogen-bond acceptors (Lipinski definition) is 2. The Morgan fingerprint density at radius 2 is 1.70 bits per heavy atom. The fraction of sp³-hybridized carbons (Fsp3) is 0.294. The van der Waals surface area contributed by atoms with Crippen LogP contribution < -0.4 is 10.1 Å². The Morgan fingerprint density at radius 3 is 2.35 bits per heavy atom. The number of benzene rings is 2. The third-order valence-electron chi connectivity index (χ3n) is 3.26. The lowest BCUT2D eigenvalue weighted by Gasteiger charge is -2.13. The molecule has 0 spiro atoms. The molecule has 2 nitrogen and oxygen atoms in total. The van der Waals surface area contributed by atoms with Gasteiger partial charge < -0.3 is 10.1 Å².